The SMILES string of the molecule is Cc1ccc([C@@H]2CCCN2C(=O)C[C@@H]2C(=O)NCCN2C(C)C)cc1C. The van der Waals surface area contributed by atoms with Gasteiger partial charge in [0.25, 0.3) is 0 Å². The smallest absolute Gasteiger partial charge is 0.237 e. The highest BCUT2D eigenvalue weighted by Crippen LogP contribution is 2.33. The molecule has 0 bridgehead atoms. The molecule has 142 valence electrons. The minimum Gasteiger partial charge on any atom is -0.353 e. The second-order valence-corrected chi connectivity index (χ2v) is 7.93. The van der Waals surface area contributed by atoms with Crippen molar-refractivity contribution in [2.24, 2.45) is 0 Å². The Bertz CT molecular complexity index is 686. The third-order valence-electron chi connectivity index (χ3n) is 5.89. The Hall–Kier alpha value is -1.88. The molecule has 2 atom stereocenters. The predicted octanol–water partition coefficient (Wildman–Crippen LogP) is 2.57. The zero-order valence-corrected chi connectivity index (χ0v) is 16.4. The van der Waals surface area contributed by atoms with Crippen LogP contribution >= 0.6 is 0 Å². The van der Waals surface area contributed by atoms with Gasteiger partial charge in [0, 0.05) is 25.7 Å². The van der Waals surface area contributed by atoms with Gasteiger partial charge in [-0.25, -0.2) is 0 Å². The van der Waals surface area contributed by atoms with Crippen LogP contribution in [-0.2, 0) is 9.59 Å². The molecule has 2 aliphatic heterocycles. The first-order valence-electron chi connectivity index (χ1n) is 9.78. The maximum absolute atomic E-state index is 13.1. The summed E-state index contributed by atoms with van der Waals surface area (Å²) in [4.78, 5) is 29.6. The van der Waals surface area contributed by atoms with E-state index in [0.29, 0.717) is 6.54 Å². The van der Waals surface area contributed by atoms with Crippen LogP contribution in [0.25, 0.3) is 0 Å². The number of hydrogen-bond donors (Lipinski definition) is 1. The van der Waals surface area contributed by atoms with Gasteiger partial charge >= 0.3 is 0 Å². The molecule has 2 heterocycles. The highest BCUT2D eigenvalue weighted by Gasteiger charge is 2.37. The second-order valence-electron chi connectivity index (χ2n) is 7.93. The zero-order chi connectivity index (χ0) is 18.8. The van der Waals surface area contributed by atoms with Gasteiger partial charge in [0.15, 0.2) is 0 Å². The molecule has 5 nitrogen and oxygen atoms in total. The van der Waals surface area contributed by atoms with E-state index in [0.717, 1.165) is 25.9 Å². The topological polar surface area (TPSA) is 52.7 Å². The highest BCUT2D eigenvalue weighted by atomic mass is 16.2. The molecule has 2 fully saturated rings. The van der Waals surface area contributed by atoms with E-state index in [1.165, 1.54) is 16.7 Å². The van der Waals surface area contributed by atoms with E-state index in [1.807, 2.05) is 4.90 Å². The van der Waals surface area contributed by atoms with Gasteiger partial charge in [-0.05, 0) is 57.2 Å². The fourth-order valence-corrected chi connectivity index (χ4v) is 4.23. The highest BCUT2D eigenvalue weighted by molar-refractivity contribution is 5.89. The largest absolute Gasteiger partial charge is 0.353 e. The van der Waals surface area contributed by atoms with Crippen molar-refractivity contribution in [1.29, 1.82) is 0 Å². The van der Waals surface area contributed by atoms with Gasteiger partial charge in [-0.1, -0.05) is 18.2 Å². The van der Waals surface area contributed by atoms with E-state index < -0.39 is 0 Å². The molecule has 0 aromatic heterocycles. The lowest BCUT2D eigenvalue weighted by Gasteiger charge is -2.38. The molecule has 1 aromatic rings. The number of aryl methyl sites for hydroxylation is 2. The summed E-state index contributed by atoms with van der Waals surface area (Å²) < 4.78 is 0. The average molecular weight is 357 g/mol. The summed E-state index contributed by atoms with van der Waals surface area (Å²) in [6.07, 6.45) is 2.29. The Morgan fingerprint density at radius 2 is 2.00 bits per heavy atom. The summed E-state index contributed by atoms with van der Waals surface area (Å²) in [5.74, 6) is 0.0821. The first-order chi connectivity index (χ1) is 12.4. The summed E-state index contributed by atoms with van der Waals surface area (Å²) in [6, 6.07) is 6.54. The van der Waals surface area contributed by atoms with E-state index in [-0.39, 0.29) is 36.4 Å². The van der Waals surface area contributed by atoms with Crippen LogP contribution in [0.5, 0.6) is 0 Å². The maximum Gasteiger partial charge on any atom is 0.237 e. The van der Waals surface area contributed by atoms with Crippen LogP contribution in [0.2, 0.25) is 0 Å². The van der Waals surface area contributed by atoms with Crippen molar-refractivity contribution in [1.82, 2.24) is 15.1 Å². The summed E-state index contributed by atoms with van der Waals surface area (Å²) in [7, 11) is 0. The van der Waals surface area contributed by atoms with Crippen molar-refractivity contribution in [3.05, 3.63) is 34.9 Å². The van der Waals surface area contributed by atoms with E-state index in [1.54, 1.807) is 0 Å². The lowest BCUT2D eigenvalue weighted by Crippen LogP contribution is -2.58. The number of carbonyl (C=O) groups excluding carboxylic acids is 2. The van der Waals surface area contributed by atoms with Gasteiger partial charge in [0.05, 0.1) is 18.5 Å². The number of nitrogens with one attached hydrogen (secondary N) is 1. The van der Waals surface area contributed by atoms with Crippen molar-refractivity contribution in [3.8, 4) is 0 Å². The average Bonchev–Trinajstić information content (AvgIpc) is 3.08. The lowest BCUT2D eigenvalue weighted by molar-refractivity contribution is -0.140. The molecular formula is C21H31N3O2. The molecule has 1 aromatic carbocycles. The number of piperazine rings is 1. The van der Waals surface area contributed by atoms with Gasteiger partial charge in [-0.15, -0.1) is 0 Å². The summed E-state index contributed by atoms with van der Waals surface area (Å²) >= 11 is 0. The number of amides is 2. The first-order valence-corrected chi connectivity index (χ1v) is 9.78. The fraction of sp³-hybridized carbons (Fsp3) is 0.619. The Morgan fingerprint density at radius 1 is 1.23 bits per heavy atom. The van der Waals surface area contributed by atoms with Crippen molar-refractivity contribution in [2.45, 2.75) is 65.1 Å². The third-order valence-corrected chi connectivity index (χ3v) is 5.89. The van der Waals surface area contributed by atoms with E-state index in [2.05, 4.69) is 56.1 Å². The molecule has 3 rings (SSSR count). The maximum atomic E-state index is 13.1. The van der Waals surface area contributed by atoms with Crippen LogP contribution in [-0.4, -0.2) is 53.3 Å². The number of likely N-dealkylation sites (tertiary alicyclic amines) is 1. The predicted molar refractivity (Wildman–Crippen MR) is 103 cm³/mol. The summed E-state index contributed by atoms with van der Waals surface area (Å²) in [6.45, 7) is 10.7. The van der Waals surface area contributed by atoms with Gasteiger partial charge in [-0.3, -0.25) is 14.5 Å². The van der Waals surface area contributed by atoms with Crippen molar-refractivity contribution < 1.29 is 9.59 Å². The summed E-state index contributed by atoms with van der Waals surface area (Å²) in [5, 5.41) is 2.92. The van der Waals surface area contributed by atoms with Gasteiger partial charge in [-0.2, -0.15) is 0 Å². The van der Waals surface area contributed by atoms with Crippen LogP contribution in [0.1, 0.15) is 55.8 Å². The quantitative estimate of drug-likeness (QED) is 0.901. The summed E-state index contributed by atoms with van der Waals surface area (Å²) in [5.41, 5.74) is 3.75. The molecule has 26 heavy (non-hydrogen) atoms. The normalized spacial score (nSPS) is 24.2. The van der Waals surface area contributed by atoms with Gasteiger partial charge in [0.1, 0.15) is 0 Å². The second kappa shape index (κ2) is 7.78. The Balaban J connectivity index is 1.75. The molecule has 2 aliphatic rings. The third kappa shape index (κ3) is 3.78. The van der Waals surface area contributed by atoms with Crippen molar-refractivity contribution in [3.63, 3.8) is 0 Å². The molecule has 5 heteroatoms. The molecule has 0 unspecified atom stereocenters. The van der Waals surface area contributed by atoms with E-state index in [9.17, 15) is 9.59 Å². The molecular weight excluding hydrogens is 326 g/mol. The van der Waals surface area contributed by atoms with Crippen molar-refractivity contribution in [2.75, 3.05) is 19.6 Å². The molecule has 2 saturated heterocycles. The standard InChI is InChI=1S/C21H31N3O2/c1-14(2)23-11-9-22-21(26)19(23)13-20(25)24-10-5-6-18(24)17-8-7-15(3)16(4)12-17/h7-8,12,14,18-19H,5-6,9-11,13H2,1-4H3,(H,22,26)/t18-,19+/m0/s1. The lowest BCUT2D eigenvalue weighted by atomic mass is 9.99. The monoisotopic (exact) mass is 357 g/mol. The molecule has 2 amide bonds. The van der Waals surface area contributed by atoms with Crippen LogP contribution in [0.3, 0.4) is 0 Å². The Morgan fingerprint density at radius 3 is 2.69 bits per heavy atom. The minimum absolute atomic E-state index is 0.0137. The zero-order valence-electron chi connectivity index (χ0n) is 16.4. The fourth-order valence-electron chi connectivity index (χ4n) is 4.23. The molecule has 0 aliphatic carbocycles. The van der Waals surface area contributed by atoms with Gasteiger partial charge in [0.2, 0.25) is 11.8 Å². The Kier molecular flexibility index (Phi) is 5.66. The van der Waals surface area contributed by atoms with Crippen molar-refractivity contribution >= 4 is 11.8 Å². The van der Waals surface area contributed by atoms with Crippen LogP contribution in [0, 0.1) is 13.8 Å². The molecule has 1 N–H and O–H groups in total. The van der Waals surface area contributed by atoms with Crippen LogP contribution < -0.4 is 5.32 Å². The van der Waals surface area contributed by atoms with Crippen LogP contribution in [0.4, 0.5) is 0 Å². The molecule has 0 spiro atoms. The number of benzene rings is 1. The number of nitrogens with zero attached hydrogens (tertiary/aromatic N) is 2. The molecule has 0 radical (unpaired) electrons. The minimum atomic E-state index is -0.350. The first kappa shape index (κ1) is 18.9. The van der Waals surface area contributed by atoms with E-state index in [4.69, 9.17) is 0 Å². The van der Waals surface area contributed by atoms with Gasteiger partial charge < -0.3 is 10.2 Å². The van der Waals surface area contributed by atoms with E-state index >= 15 is 0 Å². The molecule has 0 saturated carbocycles. The Labute approximate surface area is 156 Å². The van der Waals surface area contributed by atoms with Crippen LogP contribution in [0.15, 0.2) is 18.2 Å². The number of hydrogen-bond acceptors (Lipinski definition) is 3. The number of carbonyl (C=O) groups is 2. The number of rotatable bonds is 4.